The van der Waals surface area contributed by atoms with Crippen molar-refractivity contribution in [3.8, 4) is 0 Å². The molecule has 0 bridgehead atoms. The van der Waals surface area contributed by atoms with Crippen LogP contribution in [0.5, 0.6) is 0 Å². The molecule has 0 spiro atoms. The topological polar surface area (TPSA) is 82.8 Å². The zero-order valence-electron chi connectivity index (χ0n) is 14.9. The Morgan fingerprint density at radius 3 is 2.76 bits per heavy atom. The standard InChI is InChI=1S/C16H24N6O2S/c1-4-11-9-13(23)22-16(18-11)25-15(19-22)17-12-5-7-21(8-6-12)10-14(24)20(2)3/h9,12H,4-8,10H2,1-3H3,(H,17,19). The van der Waals surface area contributed by atoms with E-state index in [9.17, 15) is 9.59 Å². The number of amides is 1. The van der Waals surface area contributed by atoms with Gasteiger partial charge in [-0.3, -0.25) is 14.5 Å². The highest BCUT2D eigenvalue weighted by Crippen LogP contribution is 2.21. The van der Waals surface area contributed by atoms with E-state index in [4.69, 9.17) is 0 Å². The van der Waals surface area contributed by atoms with Crippen LogP contribution in [0.3, 0.4) is 0 Å². The number of likely N-dealkylation sites (N-methyl/N-ethyl adjacent to an activating group) is 1. The summed E-state index contributed by atoms with van der Waals surface area (Å²) in [5, 5.41) is 8.49. The Bertz CT molecular complexity index is 807. The zero-order chi connectivity index (χ0) is 18.0. The second-order valence-corrected chi connectivity index (χ2v) is 7.48. The first-order valence-corrected chi connectivity index (χ1v) is 9.36. The van der Waals surface area contributed by atoms with Gasteiger partial charge in [0.2, 0.25) is 16.0 Å². The van der Waals surface area contributed by atoms with Gasteiger partial charge < -0.3 is 10.2 Å². The van der Waals surface area contributed by atoms with Crippen LogP contribution < -0.4 is 10.9 Å². The molecule has 0 aromatic carbocycles. The number of piperidine rings is 1. The Morgan fingerprint density at radius 2 is 2.12 bits per heavy atom. The SMILES string of the molecule is CCc1cc(=O)n2nc(NC3CCN(CC(=O)N(C)C)CC3)sc2n1. The third kappa shape index (κ3) is 4.16. The van der Waals surface area contributed by atoms with E-state index in [0.29, 0.717) is 17.5 Å². The first-order chi connectivity index (χ1) is 12.0. The fourth-order valence-electron chi connectivity index (χ4n) is 2.84. The largest absolute Gasteiger partial charge is 0.357 e. The second-order valence-electron chi connectivity index (χ2n) is 6.52. The van der Waals surface area contributed by atoms with Crippen LogP contribution in [0, 0.1) is 0 Å². The molecule has 0 aliphatic carbocycles. The number of rotatable bonds is 5. The predicted octanol–water partition coefficient (Wildman–Crippen LogP) is 0.678. The normalized spacial score (nSPS) is 16.3. The van der Waals surface area contributed by atoms with Crippen molar-refractivity contribution >= 4 is 27.3 Å². The third-order valence-corrected chi connectivity index (χ3v) is 5.27. The van der Waals surface area contributed by atoms with Gasteiger partial charge in [-0.25, -0.2) is 4.98 Å². The number of fused-ring (bicyclic) bond motifs is 1. The van der Waals surface area contributed by atoms with E-state index in [1.54, 1.807) is 19.0 Å². The van der Waals surface area contributed by atoms with E-state index >= 15 is 0 Å². The Kier molecular flexibility index (Phi) is 5.33. The van der Waals surface area contributed by atoms with E-state index in [1.165, 1.54) is 21.9 Å². The minimum atomic E-state index is -0.136. The fourth-order valence-corrected chi connectivity index (χ4v) is 3.74. The average molecular weight is 364 g/mol. The molecule has 25 heavy (non-hydrogen) atoms. The van der Waals surface area contributed by atoms with Crippen LogP contribution in [0.2, 0.25) is 0 Å². The van der Waals surface area contributed by atoms with E-state index < -0.39 is 0 Å². The van der Waals surface area contributed by atoms with Crippen molar-refractivity contribution < 1.29 is 4.79 Å². The van der Waals surface area contributed by atoms with Gasteiger partial charge in [0, 0.05) is 45.0 Å². The zero-order valence-corrected chi connectivity index (χ0v) is 15.7. The Balaban J connectivity index is 1.61. The minimum absolute atomic E-state index is 0.134. The highest BCUT2D eigenvalue weighted by molar-refractivity contribution is 7.20. The number of aromatic nitrogens is 3. The van der Waals surface area contributed by atoms with Gasteiger partial charge in [-0.1, -0.05) is 18.3 Å². The van der Waals surface area contributed by atoms with Gasteiger partial charge in [-0.15, -0.1) is 5.10 Å². The third-order valence-electron chi connectivity index (χ3n) is 4.43. The molecule has 0 saturated carbocycles. The summed E-state index contributed by atoms with van der Waals surface area (Å²) in [7, 11) is 3.56. The van der Waals surface area contributed by atoms with Crippen LogP contribution in [-0.4, -0.2) is 70.1 Å². The van der Waals surface area contributed by atoms with Crippen molar-refractivity contribution in [1.29, 1.82) is 0 Å². The van der Waals surface area contributed by atoms with Crippen LogP contribution in [-0.2, 0) is 11.2 Å². The summed E-state index contributed by atoms with van der Waals surface area (Å²) in [5.41, 5.74) is 0.655. The van der Waals surface area contributed by atoms with Crippen molar-refractivity contribution in [3.63, 3.8) is 0 Å². The number of carbonyl (C=O) groups is 1. The lowest BCUT2D eigenvalue weighted by Gasteiger charge is -2.32. The number of hydrogen-bond donors (Lipinski definition) is 1. The summed E-state index contributed by atoms with van der Waals surface area (Å²) in [6.07, 6.45) is 2.62. The van der Waals surface area contributed by atoms with Crippen LogP contribution in [0.15, 0.2) is 10.9 Å². The molecule has 1 aliphatic heterocycles. The van der Waals surface area contributed by atoms with Crippen LogP contribution >= 0.6 is 11.3 Å². The van der Waals surface area contributed by atoms with Crippen LogP contribution in [0.1, 0.15) is 25.5 Å². The summed E-state index contributed by atoms with van der Waals surface area (Å²) in [6, 6.07) is 1.84. The summed E-state index contributed by atoms with van der Waals surface area (Å²) in [6.45, 7) is 4.20. The van der Waals surface area contributed by atoms with E-state index in [2.05, 4.69) is 20.3 Å². The molecule has 1 fully saturated rings. The van der Waals surface area contributed by atoms with Gasteiger partial charge in [-0.2, -0.15) is 4.52 Å². The number of anilines is 1. The van der Waals surface area contributed by atoms with Gasteiger partial charge >= 0.3 is 0 Å². The molecule has 3 rings (SSSR count). The molecule has 1 saturated heterocycles. The lowest BCUT2D eigenvalue weighted by molar-refractivity contribution is -0.130. The molecule has 2 aromatic rings. The molecule has 0 radical (unpaired) electrons. The van der Waals surface area contributed by atoms with Crippen molar-refractivity contribution in [2.45, 2.75) is 32.2 Å². The monoisotopic (exact) mass is 364 g/mol. The number of nitrogens with one attached hydrogen (secondary N) is 1. The Hall–Kier alpha value is -2.00. The summed E-state index contributed by atoms with van der Waals surface area (Å²) in [5.74, 6) is 0.134. The molecule has 0 unspecified atom stereocenters. The maximum atomic E-state index is 12.1. The molecular formula is C16H24N6O2S. The molecule has 1 aliphatic rings. The maximum absolute atomic E-state index is 12.1. The lowest BCUT2D eigenvalue weighted by atomic mass is 10.1. The molecular weight excluding hydrogens is 340 g/mol. The van der Waals surface area contributed by atoms with E-state index in [1.807, 2.05) is 6.92 Å². The Labute approximate surface area is 150 Å². The van der Waals surface area contributed by atoms with Crippen molar-refractivity contribution in [2.75, 3.05) is 39.0 Å². The first kappa shape index (κ1) is 17.8. The Morgan fingerprint density at radius 1 is 1.40 bits per heavy atom. The lowest BCUT2D eigenvalue weighted by Crippen LogP contribution is -2.43. The minimum Gasteiger partial charge on any atom is -0.357 e. The van der Waals surface area contributed by atoms with Crippen LogP contribution in [0.25, 0.3) is 4.96 Å². The average Bonchev–Trinajstić information content (AvgIpc) is 2.99. The van der Waals surface area contributed by atoms with Crippen LogP contribution in [0.4, 0.5) is 5.13 Å². The summed E-state index contributed by atoms with van der Waals surface area (Å²) < 4.78 is 1.36. The number of nitrogens with zero attached hydrogens (tertiary/aromatic N) is 5. The van der Waals surface area contributed by atoms with Crippen molar-refractivity contribution in [2.24, 2.45) is 0 Å². The van der Waals surface area contributed by atoms with Gasteiger partial charge in [-0.05, 0) is 19.3 Å². The number of carbonyl (C=O) groups excluding carboxylic acids is 1. The second kappa shape index (κ2) is 7.49. The highest BCUT2D eigenvalue weighted by Gasteiger charge is 2.22. The molecule has 1 N–H and O–H groups in total. The molecule has 0 atom stereocenters. The van der Waals surface area contributed by atoms with Gasteiger partial charge in [0.25, 0.3) is 5.56 Å². The fraction of sp³-hybridized carbons (Fsp3) is 0.625. The van der Waals surface area contributed by atoms with Gasteiger partial charge in [0.1, 0.15) is 0 Å². The molecule has 136 valence electrons. The van der Waals surface area contributed by atoms with Crippen molar-refractivity contribution in [1.82, 2.24) is 24.4 Å². The van der Waals surface area contributed by atoms with Gasteiger partial charge in [0.05, 0.1) is 6.54 Å². The summed E-state index contributed by atoms with van der Waals surface area (Å²) >= 11 is 1.41. The predicted molar refractivity (Wildman–Crippen MR) is 98.3 cm³/mol. The van der Waals surface area contributed by atoms with Gasteiger partial charge in [0.15, 0.2) is 0 Å². The molecule has 2 aromatic heterocycles. The number of hydrogen-bond acceptors (Lipinski definition) is 7. The maximum Gasteiger partial charge on any atom is 0.275 e. The number of likely N-dealkylation sites (tertiary alicyclic amines) is 1. The summed E-state index contributed by atoms with van der Waals surface area (Å²) in [4.78, 5) is 32.7. The molecule has 9 heteroatoms. The molecule has 8 nitrogen and oxygen atoms in total. The molecule has 1 amide bonds. The highest BCUT2D eigenvalue weighted by atomic mass is 32.1. The molecule has 3 heterocycles. The van der Waals surface area contributed by atoms with E-state index in [-0.39, 0.29) is 11.5 Å². The first-order valence-electron chi connectivity index (χ1n) is 8.55. The number of aryl methyl sites for hydroxylation is 1. The van der Waals surface area contributed by atoms with Crippen molar-refractivity contribution in [3.05, 3.63) is 22.1 Å². The van der Waals surface area contributed by atoms with E-state index in [0.717, 1.165) is 43.2 Å². The quantitative estimate of drug-likeness (QED) is 0.840. The smallest absolute Gasteiger partial charge is 0.275 e.